The number of rotatable bonds is 4. The van der Waals surface area contributed by atoms with Crippen molar-refractivity contribution < 1.29 is 9.53 Å². The van der Waals surface area contributed by atoms with Crippen molar-refractivity contribution in [2.45, 2.75) is 51.8 Å². The van der Waals surface area contributed by atoms with Crippen LogP contribution in [-0.4, -0.2) is 22.9 Å². The minimum atomic E-state index is 0.129. The third-order valence-corrected chi connectivity index (χ3v) is 4.78. The summed E-state index contributed by atoms with van der Waals surface area (Å²) in [5, 5.41) is 0. The number of benzene rings is 2. The fourth-order valence-corrected chi connectivity index (χ4v) is 3.41. The summed E-state index contributed by atoms with van der Waals surface area (Å²) in [6.45, 7) is 4.82. The van der Waals surface area contributed by atoms with Crippen molar-refractivity contribution in [3.8, 4) is 5.75 Å². The number of likely N-dealkylation sites (tertiary alicyclic amines) is 1. The number of hydrogen-bond donors (Lipinski definition) is 0. The fraction of sp³-hybridized carbons (Fsp3) is 0.381. The van der Waals surface area contributed by atoms with E-state index in [4.69, 9.17) is 4.74 Å². The largest absolute Gasteiger partial charge is 0.489 e. The smallest absolute Gasteiger partial charge is 0.254 e. The maximum absolute atomic E-state index is 12.8. The first-order valence-corrected chi connectivity index (χ1v) is 8.74. The Hall–Kier alpha value is -2.29. The molecule has 3 heteroatoms. The maximum Gasteiger partial charge on any atom is 0.254 e. The van der Waals surface area contributed by atoms with Gasteiger partial charge >= 0.3 is 0 Å². The topological polar surface area (TPSA) is 29.5 Å². The van der Waals surface area contributed by atoms with E-state index in [9.17, 15) is 4.79 Å². The molecule has 1 fully saturated rings. The fourth-order valence-electron chi connectivity index (χ4n) is 3.41. The van der Waals surface area contributed by atoms with Gasteiger partial charge in [-0.3, -0.25) is 4.79 Å². The summed E-state index contributed by atoms with van der Waals surface area (Å²) in [5.74, 6) is 0.916. The second kappa shape index (κ2) is 7.52. The van der Waals surface area contributed by atoms with Crippen molar-refractivity contribution in [2.75, 3.05) is 0 Å². The zero-order valence-corrected chi connectivity index (χ0v) is 14.4. The van der Waals surface area contributed by atoms with E-state index >= 15 is 0 Å². The summed E-state index contributed by atoms with van der Waals surface area (Å²) in [4.78, 5) is 14.8. The summed E-state index contributed by atoms with van der Waals surface area (Å²) >= 11 is 0. The Bertz CT molecular complexity index is 656. The molecule has 126 valence electrons. The average Bonchev–Trinajstić information content (AvgIpc) is 2.61. The highest BCUT2D eigenvalue weighted by Gasteiger charge is 2.29. The molecule has 0 radical (unpaired) electrons. The monoisotopic (exact) mass is 323 g/mol. The van der Waals surface area contributed by atoms with Crippen LogP contribution in [0.15, 0.2) is 54.6 Å². The van der Waals surface area contributed by atoms with E-state index in [2.05, 4.69) is 13.8 Å². The molecular weight excluding hydrogens is 298 g/mol. The van der Waals surface area contributed by atoms with Gasteiger partial charge in [0.15, 0.2) is 0 Å². The van der Waals surface area contributed by atoms with E-state index in [1.165, 1.54) is 6.42 Å². The highest BCUT2D eigenvalue weighted by Crippen LogP contribution is 2.25. The predicted octanol–water partition coefficient (Wildman–Crippen LogP) is 4.67. The summed E-state index contributed by atoms with van der Waals surface area (Å²) in [5.41, 5.74) is 1.87. The molecule has 3 nitrogen and oxygen atoms in total. The Morgan fingerprint density at radius 3 is 2.25 bits per heavy atom. The van der Waals surface area contributed by atoms with Crippen molar-refractivity contribution in [2.24, 2.45) is 0 Å². The second-order valence-corrected chi connectivity index (χ2v) is 6.64. The van der Waals surface area contributed by atoms with Crippen LogP contribution < -0.4 is 4.74 Å². The lowest BCUT2D eigenvalue weighted by Crippen LogP contribution is -2.47. The molecule has 3 rings (SSSR count). The summed E-state index contributed by atoms with van der Waals surface area (Å²) in [6, 6.07) is 18.2. The van der Waals surface area contributed by atoms with Gasteiger partial charge < -0.3 is 9.64 Å². The summed E-state index contributed by atoms with van der Waals surface area (Å²) in [6.07, 6.45) is 3.39. The Kier molecular flexibility index (Phi) is 5.19. The molecule has 0 spiro atoms. The van der Waals surface area contributed by atoms with Crippen LogP contribution in [-0.2, 0) is 6.61 Å². The minimum Gasteiger partial charge on any atom is -0.489 e. The number of piperidine rings is 1. The molecule has 1 aliphatic rings. The van der Waals surface area contributed by atoms with E-state index in [0.29, 0.717) is 18.7 Å². The van der Waals surface area contributed by atoms with E-state index in [1.54, 1.807) is 0 Å². The SMILES string of the molecule is CC1CCCC(C)N1C(=O)c1ccc(OCc2ccccc2)cc1. The molecule has 2 aromatic carbocycles. The highest BCUT2D eigenvalue weighted by atomic mass is 16.5. The van der Waals surface area contributed by atoms with Gasteiger partial charge in [0.2, 0.25) is 0 Å². The van der Waals surface area contributed by atoms with Crippen LogP contribution in [0, 0.1) is 0 Å². The minimum absolute atomic E-state index is 0.129. The van der Waals surface area contributed by atoms with Gasteiger partial charge in [0.05, 0.1) is 0 Å². The zero-order valence-electron chi connectivity index (χ0n) is 14.4. The van der Waals surface area contributed by atoms with E-state index in [1.807, 2.05) is 59.5 Å². The van der Waals surface area contributed by atoms with Crippen molar-refractivity contribution in [1.29, 1.82) is 0 Å². The number of ether oxygens (including phenoxy) is 1. The van der Waals surface area contributed by atoms with Gasteiger partial charge in [-0.05, 0) is 62.9 Å². The molecule has 1 amide bonds. The van der Waals surface area contributed by atoms with Crippen molar-refractivity contribution in [1.82, 2.24) is 4.90 Å². The number of nitrogens with zero attached hydrogens (tertiary/aromatic N) is 1. The van der Waals surface area contributed by atoms with Crippen molar-refractivity contribution in [3.05, 3.63) is 65.7 Å². The Morgan fingerprint density at radius 1 is 1.00 bits per heavy atom. The summed E-state index contributed by atoms with van der Waals surface area (Å²) in [7, 11) is 0. The molecule has 2 aromatic rings. The van der Waals surface area contributed by atoms with Crippen LogP contribution >= 0.6 is 0 Å². The summed E-state index contributed by atoms with van der Waals surface area (Å²) < 4.78 is 5.79. The molecule has 0 saturated carbocycles. The predicted molar refractivity (Wildman–Crippen MR) is 96.2 cm³/mol. The Morgan fingerprint density at radius 2 is 1.62 bits per heavy atom. The van der Waals surface area contributed by atoms with Crippen LogP contribution in [0.5, 0.6) is 5.75 Å². The van der Waals surface area contributed by atoms with E-state index < -0.39 is 0 Å². The standard InChI is InChI=1S/C21H25NO2/c1-16-7-6-8-17(2)22(16)21(23)19-11-13-20(14-12-19)24-15-18-9-4-3-5-10-18/h3-5,9-14,16-17H,6-8,15H2,1-2H3. The zero-order chi connectivity index (χ0) is 16.9. The van der Waals surface area contributed by atoms with E-state index in [0.717, 1.165) is 29.7 Å². The second-order valence-electron chi connectivity index (χ2n) is 6.64. The number of carbonyl (C=O) groups excluding carboxylic acids is 1. The van der Waals surface area contributed by atoms with E-state index in [-0.39, 0.29) is 5.91 Å². The molecular formula is C21H25NO2. The van der Waals surface area contributed by atoms with Crippen LogP contribution in [0.2, 0.25) is 0 Å². The third kappa shape index (κ3) is 3.78. The van der Waals surface area contributed by atoms with Crippen LogP contribution in [0.4, 0.5) is 0 Å². The molecule has 2 unspecified atom stereocenters. The van der Waals surface area contributed by atoms with Crippen molar-refractivity contribution >= 4 is 5.91 Å². The molecule has 1 heterocycles. The molecule has 1 aliphatic heterocycles. The lowest BCUT2D eigenvalue weighted by molar-refractivity contribution is 0.0510. The number of hydrogen-bond acceptors (Lipinski definition) is 2. The maximum atomic E-state index is 12.8. The first-order chi connectivity index (χ1) is 11.6. The molecule has 24 heavy (non-hydrogen) atoms. The third-order valence-electron chi connectivity index (χ3n) is 4.78. The van der Waals surface area contributed by atoms with Gasteiger partial charge in [0.1, 0.15) is 12.4 Å². The van der Waals surface area contributed by atoms with Crippen LogP contribution in [0.1, 0.15) is 49.0 Å². The van der Waals surface area contributed by atoms with Gasteiger partial charge in [0.25, 0.3) is 5.91 Å². The quantitative estimate of drug-likeness (QED) is 0.818. The molecule has 2 atom stereocenters. The molecule has 0 aliphatic carbocycles. The van der Waals surface area contributed by atoms with Crippen molar-refractivity contribution in [3.63, 3.8) is 0 Å². The molecule has 0 bridgehead atoms. The van der Waals surface area contributed by atoms with Crippen LogP contribution in [0.25, 0.3) is 0 Å². The lowest BCUT2D eigenvalue weighted by atomic mass is 9.96. The van der Waals surface area contributed by atoms with Gasteiger partial charge in [-0.2, -0.15) is 0 Å². The van der Waals surface area contributed by atoms with Gasteiger partial charge in [-0.25, -0.2) is 0 Å². The normalized spacial score (nSPS) is 20.7. The molecule has 0 aromatic heterocycles. The molecule has 0 N–H and O–H groups in total. The van der Waals surface area contributed by atoms with Gasteiger partial charge in [-0.15, -0.1) is 0 Å². The first kappa shape index (κ1) is 16.6. The highest BCUT2D eigenvalue weighted by molar-refractivity contribution is 5.94. The van der Waals surface area contributed by atoms with Gasteiger partial charge in [-0.1, -0.05) is 30.3 Å². The molecule has 1 saturated heterocycles. The van der Waals surface area contributed by atoms with Gasteiger partial charge in [0, 0.05) is 17.6 Å². The Labute approximate surface area is 144 Å². The van der Waals surface area contributed by atoms with Crippen LogP contribution in [0.3, 0.4) is 0 Å². The first-order valence-electron chi connectivity index (χ1n) is 8.74. The average molecular weight is 323 g/mol. The number of amides is 1. The Balaban J connectivity index is 1.64. The lowest BCUT2D eigenvalue weighted by Gasteiger charge is -2.39. The number of carbonyl (C=O) groups is 1.